The van der Waals surface area contributed by atoms with Gasteiger partial charge in [-0.1, -0.05) is 53.5 Å². The second-order valence-corrected chi connectivity index (χ2v) is 6.20. The third-order valence-electron chi connectivity index (χ3n) is 3.60. The molecule has 2 aromatic carbocycles. The number of carbonyl (C=O) groups is 2. The lowest BCUT2D eigenvalue weighted by molar-refractivity contribution is -0.145. The highest BCUT2D eigenvalue weighted by Crippen LogP contribution is 2.30. The molecular weight excluding hydrogens is 337 g/mol. The molecular formula is C17H15Cl2NO3. The van der Waals surface area contributed by atoms with Crippen LogP contribution in [0.4, 0.5) is 5.69 Å². The van der Waals surface area contributed by atoms with Crippen LogP contribution < -0.4 is 5.32 Å². The van der Waals surface area contributed by atoms with E-state index in [1.807, 2.05) is 0 Å². The lowest BCUT2D eigenvalue weighted by atomic mass is 9.79. The third-order valence-corrected chi connectivity index (χ3v) is 4.15. The molecule has 4 nitrogen and oxygen atoms in total. The number of anilines is 1. The quantitative estimate of drug-likeness (QED) is 0.840. The Hall–Kier alpha value is -2.04. The van der Waals surface area contributed by atoms with E-state index in [1.54, 1.807) is 42.5 Å². The van der Waals surface area contributed by atoms with Gasteiger partial charge in [0.1, 0.15) is 0 Å². The van der Waals surface area contributed by atoms with E-state index < -0.39 is 17.3 Å². The van der Waals surface area contributed by atoms with Crippen LogP contribution in [0.5, 0.6) is 0 Å². The van der Waals surface area contributed by atoms with Gasteiger partial charge in [0.05, 0.1) is 16.1 Å². The van der Waals surface area contributed by atoms with Crippen molar-refractivity contribution in [1.82, 2.24) is 0 Å². The van der Waals surface area contributed by atoms with Crippen LogP contribution in [0.2, 0.25) is 10.0 Å². The molecule has 0 aliphatic carbocycles. The predicted molar refractivity (Wildman–Crippen MR) is 91.1 cm³/mol. The Morgan fingerprint density at radius 1 is 1.13 bits per heavy atom. The minimum atomic E-state index is -1.33. The molecule has 0 spiro atoms. The Kier molecular flexibility index (Phi) is 5.29. The second kappa shape index (κ2) is 7.02. The fraction of sp³-hybridized carbons (Fsp3) is 0.176. The lowest BCUT2D eigenvalue weighted by Gasteiger charge is -2.24. The number of benzene rings is 2. The van der Waals surface area contributed by atoms with E-state index in [1.165, 1.54) is 13.0 Å². The molecule has 2 rings (SSSR count). The Bertz CT molecular complexity index is 734. The number of aliphatic carboxylic acids is 1. The Morgan fingerprint density at radius 3 is 2.35 bits per heavy atom. The van der Waals surface area contributed by atoms with Crippen molar-refractivity contribution >= 4 is 40.8 Å². The lowest BCUT2D eigenvalue weighted by Crippen LogP contribution is -2.36. The molecule has 0 aliphatic heterocycles. The van der Waals surface area contributed by atoms with Crippen LogP contribution in [0.1, 0.15) is 18.9 Å². The monoisotopic (exact) mass is 351 g/mol. The van der Waals surface area contributed by atoms with Gasteiger partial charge < -0.3 is 10.4 Å². The first-order chi connectivity index (χ1) is 10.8. The van der Waals surface area contributed by atoms with Crippen LogP contribution in [-0.2, 0) is 15.0 Å². The minimum Gasteiger partial charge on any atom is -0.481 e. The summed E-state index contributed by atoms with van der Waals surface area (Å²) in [7, 11) is 0. The van der Waals surface area contributed by atoms with Crippen LogP contribution in [0.15, 0.2) is 48.5 Å². The molecule has 2 aromatic rings. The number of carbonyl (C=O) groups excluding carboxylic acids is 1. The summed E-state index contributed by atoms with van der Waals surface area (Å²) in [6.07, 6.45) is -0.217. The highest BCUT2D eigenvalue weighted by Gasteiger charge is 2.37. The fourth-order valence-electron chi connectivity index (χ4n) is 2.21. The number of rotatable bonds is 5. The molecule has 0 fully saturated rings. The highest BCUT2D eigenvalue weighted by molar-refractivity contribution is 6.36. The van der Waals surface area contributed by atoms with E-state index in [0.717, 1.165) is 0 Å². The van der Waals surface area contributed by atoms with Crippen LogP contribution in [0, 0.1) is 0 Å². The summed E-state index contributed by atoms with van der Waals surface area (Å²) in [6.45, 7) is 1.52. The Balaban J connectivity index is 2.20. The summed E-state index contributed by atoms with van der Waals surface area (Å²) >= 11 is 11.8. The molecule has 0 saturated heterocycles. The average Bonchev–Trinajstić information content (AvgIpc) is 2.50. The van der Waals surface area contributed by atoms with Crippen molar-refractivity contribution in [2.75, 3.05) is 5.32 Å². The van der Waals surface area contributed by atoms with Crippen molar-refractivity contribution in [1.29, 1.82) is 0 Å². The number of halogens is 2. The maximum atomic E-state index is 12.3. The molecule has 0 saturated carbocycles. The van der Waals surface area contributed by atoms with Gasteiger partial charge in [0.2, 0.25) is 5.91 Å². The molecule has 120 valence electrons. The van der Waals surface area contributed by atoms with E-state index in [2.05, 4.69) is 5.32 Å². The highest BCUT2D eigenvalue weighted by atomic mass is 35.5. The Morgan fingerprint density at radius 2 is 1.78 bits per heavy atom. The first-order valence-corrected chi connectivity index (χ1v) is 7.62. The number of nitrogens with one attached hydrogen (secondary N) is 1. The average molecular weight is 352 g/mol. The van der Waals surface area contributed by atoms with Gasteiger partial charge >= 0.3 is 5.97 Å². The molecule has 0 radical (unpaired) electrons. The van der Waals surface area contributed by atoms with Crippen LogP contribution in [0.3, 0.4) is 0 Å². The summed E-state index contributed by atoms with van der Waals surface area (Å²) < 4.78 is 0. The van der Waals surface area contributed by atoms with Crippen LogP contribution >= 0.6 is 23.2 Å². The van der Waals surface area contributed by atoms with Gasteiger partial charge in [-0.3, -0.25) is 9.59 Å². The van der Waals surface area contributed by atoms with Gasteiger partial charge in [-0.25, -0.2) is 0 Å². The molecule has 1 unspecified atom stereocenters. The van der Waals surface area contributed by atoms with Crippen LogP contribution in [-0.4, -0.2) is 17.0 Å². The smallest absolute Gasteiger partial charge is 0.314 e. The molecule has 2 N–H and O–H groups in total. The van der Waals surface area contributed by atoms with E-state index in [-0.39, 0.29) is 6.42 Å². The van der Waals surface area contributed by atoms with Crippen molar-refractivity contribution in [3.63, 3.8) is 0 Å². The number of amides is 1. The zero-order valence-electron chi connectivity index (χ0n) is 12.3. The summed E-state index contributed by atoms with van der Waals surface area (Å²) in [4.78, 5) is 24.0. The normalized spacial score (nSPS) is 13.2. The summed E-state index contributed by atoms with van der Waals surface area (Å²) in [5.41, 5.74) is -0.378. The third kappa shape index (κ3) is 4.03. The number of carboxylic acids is 1. The first kappa shape index (κ1) is 17.3. The van der Waals surface area contributed by atoms with Crippen molar-refractivity contribution in [2.45, 2.75) is 18.8 Å². The zero-order chi connectivity index (χ0) is 17.0. The molecule has 0 bridgehead atoms. The Labute approximate surface area is 144 Å². The molecule has 0 aromatic heterocycles. The number of hydrogen-bond acceptors (Lipinski definition) is 2. The van der Waals surface area contributed by atoms with E-state index in [9.17, 15) is 14.7 Å². The SMILES string of the molecule is CC(CC(=O)Nc1ccc(Cl)cc1Cl)(C(=O)O)c1ccccc1. The predicted octanol–water partition coefficient (Wildman–Crippen LogP) is 4.36. The van der Waals surface area contributed by atoms with Crippen LogP contribution in [0.25, 0.3) is 0 Å². The summed E-state index contributed by atoms with van der Waals surface area (Å²) in [5, 5.41) is 12.9. The standard InChI is InChI=1S/C17H15Cl2NO3/c1-17(16(22)23,11-5-3-2-4-6-11)10-15(21)20-14-8-7-12(18)9-13(14)19/h2-9H,10H2,1H3,(H,20,21)(H,22,23). The minimum absolute atomic E-state index is 0.217. The first-order valence-electron chi connectivity index (χ1n) is 6.87. The summed E-state index contributed by atoms with van der Waals surface area (Å²) in [5.74, 6) is -1.51. The molecule has 23 heavy (non-hydrogen) atoms. The maximum absolute atomic E-state index is 12.3. The topological polar surface area (TPSA) is 66.4 Å². The van der Waals surface area contributed by atoms with E-state index in [4.69, 9.17) is 23.2 Å². The van der Waals surface area contributed by atoms with Gasteiger partial charge in [-0.2, -0.15) is 0 Å². The number of carboxylic acid groups (broad SMARTS) is 1. The zero-order valence-corrected chi connectivity index (χ0v) is 13.9. The van der Waals surface area contributed by atoms with Gasteiger partial charge in [-0.15, -0.1) is 0 Å². The van der Waals surface area contributed by atoms with E-state index >= 15 is 0 Å². The van der Waals surface area contributed by atoms with Gasteiger partial charge in [0.25, 0.3) is 0 Å². The van der Waals surface area contributed by atoms with Gasteiger partial charge in [0, 0.05) is 11.4 Å². The van der Waals surface area contributed by atoms with Gasteiger partial charge in [0.15, 0.2) is 0 Å². The molecule has 6 heteroatoms. The fourth-order valence-corrected chi connectivity index (χ4v) is 2.67. The maximum Gasteiger partial charge on any atom is 0.314 e. The largest absolute Gasteiger partial charge is 0.481 e. The molecule has 1 atom stereocenters. The van der Waals surface area contributed by atoms with Crippen molar-refractivity contribution < 1.29 is 14.7 Å². The molecule has 0 aliphatic rings. The van der Waals surface area contributed by atoms with Gasteiger partial charge in [-0.05, 0) is 30.7 Å². The number of hydrogen-bond donors (Lipinski definition) is 2. The second-order valence-electron chi connectivity index (χ2n) is 5.35. The molecule has 1 amide bonds. The van der Waals surface area contributed by atoms with Crippen molar-refractivity contribution in [2.24, 2.45) is 0 Å². The van der Waals surface area contributed by atoms with E-state index in [0.29, 0.717) is 21.3 Å². The van der Waals surface area contributed by atoms with Crippen molar-refractivity contribution in [3.8, 4) is 0 Å². The van der Waals surface area contributed by atoms with Crippen molar-refractivity contribution in [3.05, 3.63) is 64.1 Å². The summed E-state index contributed by atoms with van der Waals surface area (Å²) in [6, 6.07) is 13.3. The molecule has 0 heterocycles.